The summed E-state index contributed by atoms with van der Waals surface area (Å²) in [5, 5.41) is 5.18. The molecule has 108 valence electrons. The Labute approximate surface area is 132 Å². The van der Waals surface area contributed by atoms with Crippen molar-refractivity contribution in [1.82, 2.24) is 14.8 Å². The molecule has 2 aromatic heterocycles. The zero-order valence-electron chi connectivity index (χ0n) is 11.7. The van der Waals surface area contributed by atoms with Crippen LogP contribution in [0.4, 0.5) is 0 Å². The highest BCUT2D eigenvalue weighted by Gasteiger charge is 2.20. The number of aromatic nitrogens is 3. The molecule has 0 fully saturated rings. The molecular weight excluding hydrogens is 298 g/mol. The third-order valence-electron chi connectivity index (χ3n) is 3.86. The van der Waals surface area contributed by atoms with Gasteiger partial charge in [0.2, 0.25) is 0 Å². The van der Waals surface area contributed by atoms with Crippen molar-refractivity contribution in [2.45, 2.75) is 12.8 Å². The van der Waals surface area contributed by atoms with Crippen LogP contribution in [0.5, 0.6) is 0 Å². The molecule has 0 bridgehead atoms. The van der Waals surface area contributed by atoms with E-state index in [1.165, 1.54) is 10.2 Å². The van der Waals surface area contributed by atoms with Gasteiger partial charge in [-0.1, -0.05) is 17.7 Å². The quantitative estimate of drug-likeness (QED) is 0.694. The summed E-state index contributed by atoms with van der Waals surface area (Å²) in [4.78, 5) is 16.8. The number of fused-ring (bicyclic) bond motifs is 3. The van der Waals surface area contributed by atoms with Crippen LogP contribution in [0.3, 0.4) is 0 Å². The molecule has 22 heavy (non-hydrogen) atoms. The minimum atomic E-state index is -0.138. The molecule has 1 aromatic carbocycles. The molecule has 0 atom stereocenters. The standard InChI is InChI=1S/C17H12ClN3O/c18-13-5-7-14(8-6-13)21-15(22)10-12-4-3-11-2-1-9-19-16(11)17(12)20-21/h1-2,5-10H,3-4H2. The van der Waals surface area contributed by atoms with Crippen molar-refractivity contribution in [3.63, 3.8) is 0 Å². The summed E-state index contributed by atoms with van der Waals surface area (Å²) in [5.74, 6) is 0. The van der Waals surface area contributed by atoms with E-state index in [9.17, 15) is 4.79 Å². The van der Waals surface area contributed by atoms with Gasteiger partial charge in [-0.05, 0) is 54.3 Å². The lowest BCUT2D eigenvalue weighted by Crippen LogP contribution is -2.24. The Kier molecular flexibility index (Phi) is 3.05. The fraction of sp³-hybridized carbons (Fsp3) is 0.118. The molecule has 0 amide bonds. The third-order valence-corrected chi connectivity index (χ3v) is 4.11. The average Bonchev–Trinajstić information content (AvgIpc) is 2.55. The Morgan fingerprint density at radius 1 is 1.00 bits per heavy atom. The molecule has 2 heterocycles. The lowest BCUT2D eigenvalue weighted by atomic mass is 9.93. The molecule has 4 nitrogen and oxygen atoms in total. The number of aryl methyl sites for hydroxylation is 2. The van der Waals surface area contributed by atoms with Crippen LogP contribution in [0.2, 0.25) is 5.02 Å². The molecule has 0 spiro atoms. The van der Waals surface area contributed by atoms with Gasteiger partial charge >= 0.3 is 0 Å². The monoisotopic (exact) mass is 309 g/mol. The van der Waals surface area contributed by atoms with Crippen molar-refractivity contribution >= 4 is 11.6 Å². The van der Waals surface area contributed by atoms with Crippen LogP contribution in [-0.4, -0.2) is 14.8 Å². The van der Waals surface area contributed by atoms with Gasteiger partial charge in [0.15, 0.2) is 0 Å². The first kappa shape index (κ1) is 13.2. The van der Waals surface area contributed by atoms with E-state index >= 15 is 0 Å². The van der Waals surface area contributed by atoms with Gasteiger partial charge in [0, 0.05) is 17.3 Å². The number of rotatable bonds is 1. The second-order valence-electron chi connectivity index (χ2n) is 5.26. The number of hydrogen-bond donors (Lipinski definition) is 0. The molecule has 3 aromatic rings. The van der Waals surface area contributed by atoms with Crippen molar-refractivity contribution in [2.24, 2.45) is 0 Å². The second-order valence-corrected chi connectivity index (χ2v) is 5.69. The molecule has 5 heteroatoms. The Morgan fingerprint density at radius 3 is 2.59 bits per heavy atom. The van der Waals surface area contributed by atoms with Gasteiger partial charge in [-0.15, -0.1) is 0 Å². The van der Waals surface area contributed by atoms with Crippen LogP contribution >= 0.6 is 11.6 Å². The number of benzene rings is 1. The van der Waals surface area contributed by atoms with E-state index in [4.69, 9.17) is 11.6 Å². The molecular formula is C17H12ClN3O. The second kappa shape index (κ2) is 5.07. The predicted molar refractivity (Wildman–Crippen MR) is 85.5 cm³/mol. The third kappa shape index (κ3) is 2.12. The summed E-state index contributed by atoms with van der Waals surface area (Å²) in [5.41, 5.74) is 4.34. The first-order valence-electron chi connectivity index (χ1n) is 7.06. The molecule has 0 unspecified atom stereocenters. The van der Waals surface area contributed by atoms with E-state index in [0.29, 0.717) is 10.7 Å². The van der Waals surface area contributed by atoms with Crippen molar-refractivity contribution in [1.29, 1.82) is 0 Å². The fourth-order valence-electron chi connectivity index (χ4n) is 2.77. The van der Waals surface area contributed by atoms with Gasteiger partial charge in [0.05, 0.1) is 11.4 Å². The largest absolute Gasteiger partial charge is 0.271 e. The molecule has 1 aliphatic carbocycles. The zero-order chi connectivity index (χ0) is 15.1. The van der Waals surface area contributed by atoms with Gasteiger partial charge in [-0.25, -0.2) is 0 Å². The minimum absolute atomic E-state index is 0.138. The highest BCUT2D eigenvalue weighted by molar-refractivity contribution is 6.30. The first-order chi connectivity index (χ1) is 10.7. The molecule has 0 N–H and O–H groups in total. The Balaban J connectivity index is 1.94. The van der Waals surface area contributed by atoms with Crippen LogP contribution in [-0.2, 0) is 12.8 Å². The van der Waals surface area contributed by atoms with Gasteiger partial charge in [0.1, 0.15) is 5.69 Å². The van der Waals surface area contributed by atoms with E-state index in [1.807, 2.05) is 6.07 Å². The van der Waals surface area contributed by atoms with Gasteiger partial charge in [-0.3, -0.25) is 9.78 Å². The van der Waals surface area contributed by atoms with Crippen LogP contribution < -0.4 is 5.56 Å². The van der Waals surface area contributed by atoms with E-state index in [-0.39, 0.29) is 5.56 Å². The lowest BCUT2D eigenvalue weighted by Gasteiger charge is -2.18. The minimum Gasteiger partial charge on any atom is -0.267 e. The summed E-state index contributed by atoms with van der Waals surface area (Å²) >= 11 is 5.90. The van der Waals surface area contributed by atoms with Gasteiger partial charge in [0.25, 0.3) is 5.56 Å². The van der Waals surface area contributed by atoms with Gasteiger partial charge in [-0.2, -0.15) is 9.78 Å². The fourth-order valence-corrected chi connectivity index (χ4v) is 2.90. The Morgan fingerprint density at radius 2 is 1.77 bits per heavy atom. The summed E-state index contributed by atoms with van der Waals surface area (Å²) in [6.07, 6.45) is 3.47. The van der Waals surface area contributed by atoms with Crippen LogP contribution in [0, 0.1) is 0 Å². The molecule has 1 aliphatic rings. The summed E-state index contributed by atoms with van der Waals surface area (Å²) in [6.45, 7) is 0. The van der Waals surface area contributed by atoms with E-state index in [2.05, 4.69) is 16.1 Å². The Hall–Kier alpha value is -2.46. The van der Waals surface area contributed by atoms with E-state index in [0.717, 1.165) is 29.8 Å². The highest BCUT2D eigenvalue weighted by atomic mass is 35.5. The maximum atomic E-state index is 12.3. The summed E-state index contributed by atoms with van der Waals surface area (Å²) < 4.78 is 1.40. The van der Waals surface area contributed by atoms with Crippen LogP contribution in [0.1, 0.15) is 11.1 Å². The van der Waals surface area contributed by atoms with E-state index in [1.54, 1.807) is 36.5 Å². The van der Waals surface area contributed by atoms with Gasteiger partial charge < -0.3 is 0 Å². The van der Waals surface area contributed by atoms with E-state index < -0.39 is 0 Å². The first-order valence-corrected chi connectivity index (χ1v) is 7.43. The highest BCUT2D eigenvalue weighted by Crippen LogP contribution is 2.29. The van der Waals surface area contributed by atoms with Crippen LogP contribution in [0.15, 0.2) is 53.5 Å². The van der Waals surface area contributed by atoms with Crippen molar-refractivity contribution < 1.29 is 0 Å². The van der Waals surface area contributed by atoms with Crippen molar-refractivity contribution in [3.05, 3.63) is 75.2 Å². The van der Waals surface area contributed by atoms with Crippen LogP contribution in [0.25, 0.3) is 17.1 Å². The summed E-state index contributed by atoms with van der Waals surface area (Å²) in [7, 11) is 0. The zero-order valence-corrected chi connectivity index (χ0v) is 12.4. The van der Waals surface area contributed by atoms with Crippen molar-refractivity contribution in [3.8, 4) is 17.1 Å². The molecule has 4 rings (SSSR count). The Bertz CT molecular complexity index is 916. The predicted octanol–water partition coefficient (Wildman–Crippen LogP) is 3.05. The number of hydrogen-bond acceptors (Lipinski definition) is 3. The number of pyridine rings is 1. The normalized spacial score (nSPS) is 12.6. The molecule has 0 saturated heterocycles. The SMILES string of the molecule is O=c1cc2c(nn1-c1ccc(Cl)cc1)-c1ncccc1CC2. The summed E-state index contributed by atoms with van der Waals surface area (Å²) in [6, 6.07) is 12.7. The average molecular weight is 310 g/mol. The number of halogens is 1. The molecule has 0 radical (unpaired) electrons. The lowest BCUT2D eigenvalue weighted by molar-refractivity contribution is 0.778. The number of nitrogens with zero attached hydrogens (tertiary/aromatic N) is 3. The molecule has 0 aliphatic heterocycles. The topological polar surface area (TPSA) is 47.8 Å². The maximum Gasteiger partial charge on any atom is 0.271 e. The smallest absolute Gasteiger partial charge is 0.267 e. The molecule has 0 saturated carbocycles. The van der Waals surface area contributed by atoms with Crippen molar-refractivity contribution in [2.75, 3.05) is 0 Å². The maximum absolute atomic E-state index is 12.3.